The number of likely N-dealkylation sites (tertiary alicyclic amines) is 2. The van der Waals surface area contributed by atoms with Crippen molar-refractivity contribution in [2.24, 2.45) is 5.41 Å². The second-order valence-electron chi connectivity index (χ2n) is 9.52. The summed E-state index contributed by atoms with van der Waals surface area (Å²) >= 11 is 0. The lowest BCUT2D eigenvalue weighted by molar-refractivity contribution is -0.147. The first kappa shape index (κ1) is 21.5. The molecule has 1 spiro atoms. The standard InChI is InChI=1S/C26H30N4O3/c1-19(2)30-23(9-12-27-30)22-16-29(24(31)21-10-14-33-17-21)18-26(22)11-6-13-28(25(26)32)15-20-7-4-3-5-8-20/h3-5,7-10,12,14,17,19,22H,6,11,13,15-16,18H2,1-2H3/t22-,26+/m0/s1. The number of furan rings is 1. The second-order valence-corrected chi connectivity index (χ2v) is 9.52. The third-order valence-electron chi connectivity index (χ3n) is 7.13. The highest BCUT2D eigenvalue weighted by Crippen LogP contribution is 2.50. The quantitative estimate of drug-likeness (QED) is 0.591. The summed E-state index contributed by atoms with van der Waals surface area (Å²) in [6.07, 6.45) is 6.47. The minimum absolute atomic E-state index is 0.0887. The molecule has 5 rings (SSSR count). The van der Waals surface area contributed by atoms with E-state index in [0.717, 1.165) is 30.6 Å². The van der Waals surface area contributed by atoms with Gasteiger partial charge in [-0.2, -0.15) is 5.10 Å². The van der Waals surface area contributed by atoms with E-state index in [2.05, 4.69) is 31.1 Å². The van der Waals surface area contributed by atoms with Gasteiger partial charge in [-0.05, 0) is 44.4 Å². The molecule has 0 aliphatic carbocycles. The van der Waals surface area contributed by atoms with Crippen LogP contribution in [0.4, 0.5) is 0 Å². The molecule has 2 aliphatic rings. The van der Waals surface area contributed by atoms with E-state index in [4.69, 9.17) is 4.42 Å². The molecule has 2 fully saturated rings. The second kappa shape index (κ2) is 8.54. The lowest BCUT2D eigenvalue weighted by Crippen LogP contribution is -2.52. The third-order valence-corrected chi connectivity index (χ3v) is 7.13. The van der Waals surface area contributed by atoms with Gasteiger partial charge in [-0.3, -0.25) is 14.3 Å². The Bertz CT molecular complexity index is 1120. The maximum atomic E-state index is 14.1. The zero-order valence-electron chi connectivity index (χ0n) is 19.2. The van der Waals surface area contributed by atoms with E-state index < -0.39 is 5.41 Å². The number of carbonyl (C=O) groups is 2. The van der Waals surface area contributed by atoms with E-state index in [9.17, 15) is 9.59 Å². The van der Waals surface area contributed by atoms with Crippen LogP contribution in [0, 0.1) is 5.41 Å². The van der Waals surface area contributed by atoms with E-state index in [1.165, 1.54) is 12.5 Å². The van der Waals surface area contributed by atoms with Gasteiger partial charge in [0.15, 0.2) is 0 Å². The van der Waals surface area contributed by atoms with Gasteiger partial charge in [-0.1, -0.05) is 30.3 Å². The molecule has 172 valence electrons. The van der Waals surface area contributed by atoms with Crippen LogP contribution in [-0.4, -0.2) is 51.0 Å². The molecule has 7 heteroatoms. The van der Waals surface area contributed by atoms with Gasteiger partial charge in [0.1, 0.15) is 6.26 Å². The lowest BCUT2D eigenvalue weighted by atomic mass is 9.70. The van der Waals surface area contributed by atoms with Crippen molar-refractivity contribution in [2.75, 3.05) is 19.6 Å². The van der Waals surface area contributed by atoms with Crippen LogP contribution in [0.3, 0.4) is 0 Å². The van der Waals surface area contributed by atoms with Gasteiger partial charge in [0.05, 0.1) is 17.2 Å². The van der Waals surface area contributed by atoms with Crippen molar-refractivity contribution in [3.8, 4) is 0 Å². The molecule has 4 heterocycles. The van der Waals surface area contributed by atoms with Gasteiger partial charge in [-0.25, -0.2) is 0 Å². The molecular formula is C26H30N4O3. The van der Waals surface area contributed by atoms with Gasteiger partial charge in [0.2, 0.25) is 5.91 Å². The monoisotopic (exact) mass is 446 g/mol. The zero-order chi connectivity index (χ0) is 23.0. The normalized spacial score (nSPS) is 23.1. The Morgan fingerprint density at radius 1 is 1.21 bits per heavy atom. The zero-order valence-corrected chi connectivity index (χ0v) is 19.2. The minimum atomic E-state index is -0.654. The van der Waals surface area contributed by atoms with Gasteiger partial charge in [0, 0.05) is 50.0 Å². The van der Waals surface area contributed by atoms with Crippen molar-refractivity contribution in [1.29, 1.82) is 0 Å². The molecule has 2 saturated heterocycles. The van der Waals surface area contributed by atoms with Crippen LogP contribution in [0.25, 0.3) is 0 Å². The summed E-state index contributed by atoms with van der Waals surface area (Å²) < 4.78 is 7.15. The molecule has 33 heavy (non-hydrogen) atoms. The minimum Gasteiger partial charge on any atom is -0.472 e. The Kier molecular flexibility index (Phi) is 5.56. The average molecular weight is 447 g/mol. The Morgan fingerprint density at radius 2 is 2.03 bits per heavy atom. The molecule has 0 unspecified atom stereocenters. The summed E-state index contributed by atoms with van der Waals surface area (Å²) in [5.41, 5.74) is 2.02. The predicted molar refractivity (Wildman–Crippen MR) is 123 cm³/mol. The number of aromatic nitrogens is 2. The first-order chi connectivity index (χ1) is 16.0. The number of nitrogens with zero attached hydrogens (tertiary/aromatic N) is 4. The molecule has 2 aliphatic heterocycles. The number of rotatable bonds is 5. The van der Waals surface area contributed by atoms with Crippen LogP contribution >= 0.6 is 0 Å². The third kappa shape index (κ3) is 3.75. The largest absolute Gasteiger partial charge is 0.472 e. The average Bonchev–Trinajstić information content (AvgIpc) is 3.57. The number of hydrogen-bond donors (Lipinski definition) is 0. The van der Waals surface area contributed by atoms with E-state index in [0.29, 0.717) is 25.2 Å². The Labute approximate surface area is 194 Å². The SMILES string of the molecule is CC(C)n1nccc1[C@@H]1CN(C(=O)c2ccoc2)C[C@]12CCCN(Cc1ccccc1)C2=O. The van der Waals surface area contributed by atoms with Crippen molar-refractivity contribution >= 4 is 11.8 Å². The Balaban J connectivity index is 1.52. The molecular weight excluding hydrogens is 416 g/mol. The van der Waals surface area contributed by atoms with Crippen LogP contribution in [0.1, 0.15) is 60.3 Å². The molecule has 0 radical (unpaired) electrons. The highest BCUT2D eigenvalue weighted by Gasteiger charge is 2.57. The lowest BCUT2D eigenvalue weighted by Gasteiger charge is -2.42. The van der Waals surface area contributed by atoms with Crippen LogP contribution in [0.5, 0.6) is 0 Å². The molecule has 2 amide bonds. The summed E-state index contributed by atoms with van der Waals surface area (Å²) in [4.78, 5) is 31.2. The highest BCUT2D eigenvalue weighted by molar-refractivity contribution is 5.95. The number of hydrogen-bond acceptors (Lipinski definition) is 4. The van der Waals surface area contributed by atoms with Gasteiger partial charge < -0.3 is 14.2 Å². The fraction of sp³-hybridized carbons (Fsp3) is 0.423. The van der Waals surface area contributed by atoms with E-state index in [1.54, 1.807) is 12.3 Å². The number of amides is 2. The Hall–Kier alpha value is -3.35. The molecule has 3 aromatic rings. The first-order valence-corrected chi connectivity index (χ1v) is 11.7. The molecule has 0 bridgehead atoms. The molecule has 2 atom stereocenters. The first-order valence-electron chi connectivity index (χ1n) is 11.7. The van der Waals surface area contributed by atoms with E-state index in [-0.39, 0.29) is 23.8 Å². The molecule has 0 saturated carbocycles. The van der Waals surface area contributed by atoms with Crippen LogP contribution in [0.15, 0.2) is 65.6 Å². The van der Waals surface area contributed by atoms with Crippen LogP contribution < -0.4 is 0 Å². The van der Waals surface area contributed by atoms with Crippen molar-refractivity contribution < 1.29 is 14.0 Å². The smallest absolute Gasteiger partial charge is 0.257 e. The van der Waals surface area contributed by atoms with Gasteiger partial charge in [0.25, 0.3) is 5.91 Å². The van der Waals surface area contributed by atoms with Crippen LogP contribution in [0.2, 0.25) is 0 Å². The van der Waals surface area contributed by atoms with Crippen molar-refractivity contribution in [1.82, 2.24) is 19.6 Å². The topological polar surface area (TPSA) is 71.6 Å². The summed E-state index contributed by atoms with van der Waals surface area (Å²) in [6, 6.07) is 14.0. The summed E-state index contributed by atoms with van der Waals surface area (Å²) in [5, 5.41) is 4.54. The van der Waals surface area contributed by atoms with Gasteiger partial charge in [-0.15, -0.1) is 0 Å². The highest BCUT2D eigenvalue weighted by atomic mass is 16.3. The maximum absolute atomic E-state index is 14.1. The van der Waals surface area contributed by atoms with Crippen molar-refractivity contribution in [3.63, 3.8) is 0 Å². The molecule has 7 nitrogen and oxygen atoms in total. The van der Waals surface area contributed by atoms with Crippen molar-refractivity contribution in [2.45, 2.75) is 45.2 Å². The van der Waals surface area contributed by atoms with Gasteiger partial charge >= 0.3 is 0 Å². The molecule has 0 N–H and O–H groups in total. The predicted octanol–water partition coefficient (Wildman–Crippen LogP) is 4.11. The van der Waals surface area contributed by atoms with E-state index >= 15 is 0 Å². The summed E-state index contributed by atoms with van der Waals surface area (Å²) in [5.74, 6) is -0.0554. The number of benzene rings is 1. The summed E-state index contributed by atoms with van der Waals surface area (Å²) in [6.45, 7) is 6.42. The number of carbonyl (C=O) groups excluding carboxylic acids is 2. The fourth-order valence-electron chi connectivity index (χ4n) is 5.58. The van der Waals surface area contributed by atoms with Crippen LogP contribution in [-0.2, 0) is 11.3 Å². The Morgan fingerprint density at radius 3 is 2.76 bits per heavy atom. The maximum Gasteiger partial charge on any atom is 0.257 e. The fourth-order valence-corrected chi connectivity index (χ4v) is 5.58. The number of piperidine rings is 1. The molecule has 1 aromatic carbocycles. The van der Waals surface area contributed by atoms with E-state index in [1.807, 2.05) is 38.7 Å². The van der Waals surface area contributed by atoms with Crippen molar-refractivity contribution in [3.05, 3.63) is 78.0 Å². The molecule has 2 aromatic heterocycles. The summed E-state index contributed by atoms with van der Waals surface area (Å²) in [7, 11) is 0.